The third-order valence-electron chi connectivity index (χ3n) is 3.24. The molecule has 0 radical (unpaired) electrons. The Hall–Kier alpha value is -1.68. The van der Waals surface area contributed by atoms with Gasteiger partial charge in [0.25, 0.3) is 0 Å². The lowest BCUT2D eigenvalue weighted by Crippen LogP contribution is -2.30. The zero-order valence-corrected chi connectivity index (χ0v) is 12.6. The van der Waals surface area contributed by atoms with Crippen molar-refractivity contribution in [1.29, 1.82) is 0 Å². The van der Waals surface area contributed by atoms with Crippen LogP contribution in [-0.2, 0) is 4.74 Å². The maximum absolute atomic E-state index is 10.00. The molecule has 2 aromatic carbocycles. The first-order valence-electron chi connectivity index (χ1n) is 7.21. The first-order chi connectivity index (χ1) is 10.2. The minimum absolute atomic E-state index is 0.149. The van der Waals surface area contributed by atoms with E-state index in [1.807, 2.05) is 55.4 Å². The Labute approximate surface area is 126 Å². The van der Waals surface area contributed by atoms with Gasteiger partial charge in [-0.3, -0.25) is 0 Å². The molecule has 2 rings (SSSR count). The minimum Gasteiger partial charge on any atom is -0.389 e. The van der Waals surface area contributed by atoms with E-state index in [0.717, 1.165) is 11.1 Å². The number of likely N-dealkylation sites (N-methyl/N-ethyl adjacent to an activating group) is 1. The van der Waals surface area contributed by atoms with Gasteiger partial charge in [-0.05, 0) is 25.2 Å². The van der Waals surface area contributed by atoms with Gasteiger partial charge in [-0.2, -0.15) is 0 Å². The van der Waals surface area contributed by atoms with Crippen molar-refractivity contribution < 1.29 is 9.84 Å². The molecule has 21 heavy (non-hydrogen) atoms. The Kier molecular flexibility index (Phi) is 5.93. The summed E-state index contributed by atoms with van der Waals surface area (Å²) in [6.45, 7) is 0.906. The van der Waals surface area contributed by atoms with Crippen LogP contribution in [0.4, 0.5) is 0 Å². The first-order valence-corrected chi connectivity index (χ1v) is 7.21. The average molecular weight is 285 g/mol. The smallest absolute Gasteiger partial charge is 0.108 e. The monoisotopic (exact) mass is 285 g/mol. The predicted octanol–water partition coefficient (Wildman–Crippen LogP) is 2.72. The molecule has 1 atom stereocenters. The van der Waals surface area contributed by atoms with Crippen molar-refractivity contribution in [3.8, 4) is 0 Å². The molecular weight excluding hydrogens is 262 g/mol. The number of hydrogen-bond donors (Lipinski definition) is 1. The third kappa shape index (κ3) is 4.97. The molecule has 0 amide bonds. The van der Waals surface area contributed by atoms with E-state index in [-0.39, 0.29) is 6.10 Å². The van der Waals surface area contributed by atoms with Crippen LogP contribution in [0, 0.1) is 0 Å². The number of ether oxygens (including phenoxy) is 1. The summed E-state index contributed by atoms with van der Waals surface area (Å²) in [5.74, 6) is 0. The summed E-state index contributed by atoms with van der Waals surface area (Å²) in [6, 6.07) is 20.2. The lowest BCUT2D eigenvalue weighted by atomic mass is 10.0. The molecule has 0 fully saturated rings. The fourth-order valence-corrected chi connectivity index (χ4v) is 2.32. The Morgan fingerprint density at radius 2 is 1.38 bits per heavy atom. The molecule has 112 valence electrons. The second-order valence-electron chi connectivity index (χ2n) is 5.45. The van der Waals surface area contributed by atoms with Crippen LogP contribution in [0.15, 0.2) is 60.7 Å². The summed E-state index contributed by atoms with van der Waals surface area (Å²) in [5, 5.41) is 10.00. The summed E-state index contributed by atoms with van der Waals surface area (Å²) in [4.78, 5) is 1.95. The summed E-state index contributed by atoms with van der Waals surface area (Å²) < 4.78 is 6.00. The van der Waals surface area contributed by atoms with Crippen LogP contribution in [0.2, 0.25) is 0 Å². The van der Waals surface area contributed by atoms with E-state index >= 15 is 0 Å². The van der Waals surface area contributed by atoms with Gasteiger partial charge in [-0.1, -0.05) is 60.7 Å². The molecule has 0 saturated carbocycles. The molecule has 0 aliphatic carbocycles. The maximum atomic E-state index is 10.00. The van der Waals surface area contributed by atoms with Crippen LogP contribution in [-0.4, -0.2) is 43.4 Å². The molecule has 0 heterocycles. The largest absolute Gasteiger partial charge is 0.389 e. The summed E-state index contributed by atoms with van der Waals surface area (Å²) >= 11 is 0. The van der Waals surface area contributed by atoms with Crippen LogP contribution < -0.4 is 0 Å². The number of benzene rings is 2. The zero-order chi connectivity index (χ0) is 15.1. The van der Waals surface area contributed by atoms with Crippen molar-refractivity contribution in [3.63, 3.8) is 0 Å². The SMILES string of the molecule is CN(C)C[C@@H](O)COC(c1ccccc1)c1ccccc1. The summed E-state index contributed by atoms with van der Waals surface area (Å²) in [7, 11) is 3.88. The van der Waals surface area contributed by atoms with Gasteiger partial charge in [0.2, 0.25) is 0 Å². The normalized spacial score (nSPS) is 12.8. The molecule has 2 aromatic rings. The van der Waals surface area contributed by atoms with Gasteiger partial charge in [0.05, 0.1) is 12.7 Å². The number of hydrogen-bond acceptors (Lipinski definition) is 3. The lowest BCUT2D eigenvalue weighted by Gasteiger charge is -2.22. The predicted molar refractivity (Wildman–Crippen MR) is 85.2 cm³/mol. The molecule has 0 spiro atoms. The second kappa shape index (κ2) is 7.93. The van der Waals surface area contributed by atoms with Crippen molar-refractivity contribution in [2.24, 2.45) is 0 Å². The van der Waals surface area contributed by atoms with Crippen molar-refractivity contribution in [2.75, 3.05) is 27.2 Å². The van der Waals surface area contributed by atoms with E-state index in [4.69, 9.17) is 4.74 Å². The molecular formula is C18H23NO2. The number of aliphatic hydroxyl groups is 1. The Morgan fingerprint density at radius 1 is 0.905 bits per heavy atom. The van der Waals surface area contributed by atoms with Gasteiger partial charge < -0.3 is 14.7 Å². The fourth-order valence-electron chi connectivity index (χ4n) is 2.32. The fraction of sp³-hybridized carbons (Fsp3) is 0.333. The van der Waals surface area contributed by atoms with Gasteiger partial charge in [-0.15, -0.1) is 0 Å². The molecule has 0 bridgehead atoms. The summed E-state index contributed by atoms with van der Waals surface area (Å²) in [5.41, 5.74) is 2.20. The summed E-state index contributed by atoms with van der Waals surface area (Å²) in [6.07, 6.45) is -0.640. The van der Waals surface area contributed by atoms with E-state index in [1.54, 1.807) is 0 Å². The van der Waals surface area contributed by atoms with Crippen molar-refractivity contribution in [2.45, 2.75) is 12.2 Å². The van der Waals surface area contributed by atoms with Gasteiger partial charge in [0, 0.05) is 6.54 Å². The Bertz CT molecular complexity index is 474. The molecule has 0 unspecified atom stereocenters. The van der Waals surface area contributed by atoms with E-state index in [9.17, 15) is 5.11 Å². The highest BCUT2D eigenvalue weighted by Crippen LogP contribution is 2.25. The molecule has 0 saturated heterocycles. The quantitative estimate of drug-likeness (QED) is 0.849. The maximum Gasteiger partial charge on any atom is 0.108 e. The molecule has 0 aromatic heterocycles. The van der Waals surface area contributed by atoms with Gasteiger partial charge >= 0.3 is 0 Å². The van der Waals surface area contributed by atoms with E-state index in [1.165, 1.54) is 0 Å². The topological polar surface area (TPSA) is 32.7 Å². The highest BCUT2D eigenvalue weighted by molar-refractivity contribution is 5.29. The molecule has 0 aliphatic rings. The highest BCUT2D eigenvalue weighted by Gasteiger charge is 2.16. The number of nitrogens with zero attached hydrogens (tertiary/aromatic N) is 1. The minimum atomic E-state index is -0.491. The van der Waals surface area contributed by atoms with Gasteiger partial charge in [0.1, 0.15) is 6.10 Å². The van der Waals surface area contributed by atoms with Crippen LogP contribution in [0.5, 0.6) is 0 Å². The molecule has 1 N–H and O–H groups in total. The van der Waals surface area contributed by atoms with E-state index < -0.39 is 6.10 Å². The van der Waals surface area contributed by atoms with Crippen LogP contribution in [0.3, 0.4) is 0 Å². The number of aliphatic hydroxyl groups excluding tert-OH is 1. The highest BCUT2D eigenvalue weighted by atomic mass is 16.5. The molecule has 3 heteroatoms. The Morgan fingerprint density at radius 3 is 1.81 bits per heavy atom. The average Bonchev–Trinajstić information content (AvgIpc) is 2.49. The zero-order valence-electron chi connectivity index (χ0n) is 12.6. The van der Waals surface area contributed by atoms with Crippen LogP contribution >= 0.6 is 0 Å². The van der Waals surface area contributed by atoms with Crippen molar-refractivity contribution in [3.05, 3.63) is 71.8 Å². The molecule has 0 aliphatic heterocycles. The van der Waals surface area contributed by atoms with Crippen molar-refractivity contribution >= 4 is 0 Å². The standard InChI is InChI=1S/C18H23NO2/c1-19(2)13-17(20)14-21-18(15-9-5-3-6-10-15)16-11-7-4-8-12-16/h3-12,17-18,20H,13-14H2,1-2H3/t17-/m1/s1. The second-order valence-corrected chi connectivity index (χ2v) is 5.45. The third-order valence-corrected chi connectivity index (χ3v) is 3.24. The van der Waals surface area contributed by atoms with Crippen molar-refractivity contribution in [1.82, 2.24) is 4.90 Å². The Balaban J connectivity index is 2.10. The van der Waals surface area contributed by atoms with E-state index in [2.05, 4.69) is 24.3 Å². The van der Waals surface area contributed by atoms with Gasteiger partial charge in [-0.25, -0.2) is 0 Å². The molecule has 3 nitrogen and oxygen atoms in total. The van der Waals surface area contributed by atoms with Crippen LogP contribution in [0.1, 0.15) is 17.2 Å². The van der Waals surface area contributed by atoms with E-state index in [0.29, 0.717) is 13.2 Å². The lowest BCUT2D eigenvalue weighted by molar-refractivity contribution is -0.00301. The van der Waals surface area contributed by atoms with Crippen LogP contribution in [0.25, 0.3) is 0 Å². The number of rotatable bonds is 7. The first kappa shape index (κ1) is 15.7. The van der Waals surface area contributed by atoms with Gasteiger partial charge in [0.15, 0.2) is 0 Å².